The average Bonchev–Trinajstić information content (AvgIpc) is 2.36. The Morgan fingerprint density at radius 3 is 2.89 bits per heavy atom. The molecule has 1 aliphatic rings. The molecule has 1 heterocycles. The quantitative estimate of drug-likeness (QED) is 0.895. The molecular weight excluding hydrogens is 248 g/mol. The Hall–Kier alpha value is -1.06. The van der Waals surface area contributed by atoms with Crippen LogP contribution < -0.4 is 10.6 Å². The van der Waals surface area contributed by atoms with Crippen molar-refractivity contribution in [3.05, 3.63) is 29.3 Å². The van der Waals surface area contributed by atoms with Crippen molar-refractivity contribution in [1.29, 1.82) is 0 Å². The molecule has 0 aliphatic carbocycles. The summed E-state index contributed by atoms with van der Waals surface area (Å²) in [6.07, 6.45) is 2.11. The maximum absolute atomic E-state index is 12.2. The topological polar surface area (TPSA) is 46.3 Å². The number of halogens is 1. The molecule has 2 rings (SSSR count). The standard InChI is InChI=1S/C14H20N2O.ClH/c1-10-5-6-12-4-3-7-16(13(12)8-10)14(17)11(2)9-15;/h5-6,8,11H,3-4,7,9,15H2,1-2H3;1H. The van der Waals surface area contributed by atoms with Gasteiger partial charge in [0.05, 0.1) is 0 Å². The maximum Gasteiger partial charge on any atom is 0.231 e. The van der Waals surface area contributed by atoms with E-state index < -0.39 is 0 Å². The van der Waals surface area contributed by atoms with Crippen LogP contribution in [0.15, 0.2) is 18.2 Å². The van der Waals surface area contributed by atoms with Crippen molar-refractivity contribution in [2.24, 2.45) is 11.7 Å². The number of benzene rings is 1. The van der Waals surface area contributed by atoms with Crippen molar-refractivity contribution in [1.82, 2.24) is 0 Å². The van der Waals surface area contributed by atoms with Crippen LogP contribution in [0.5, 0.6) is 0 Å². The van der Waals surface area contributed by atoms with Crippen LogP contribution >= 0.6 is 12.4 Å². The van der Waals surface area contributed by atoms with E-state index in [0.29, 0.717) is 6.54 Å². The van der Waals surface area contributed by atoms with Crippen LogP contribution in [0.1, 0.15) is 24.5 Å². The highest BCUT2D eigenvalue weighted by atomic mass is 35.5. The van der Waals surface area contributed by atoms with Crippen molar-refractivity contribution in [3.63, 3.8) is 0 Å². The zero-order valence-corrected chi connectivity index (χ0v) is 11.8. The van der Waals surface area contributed by atoms with Crippen LogP contribution in [0.25, 0.3) is 0 Å². The average molecular weight is 269 g/mol. The number of nitrogens with zero attached hydrogens (tertiary/aromatic N) is 1. The molecule has 1 unspecified atom stereocenters. The fourth-order valence-corrected chi connectivity index (χ4v) is 2.28. The molecule has 0 aromatic heterocycles. The van der Waals surface area contributed by atoms with Crippen LogP contribution in [-0.2, 0) is 11.2 Å². The normalized spacial score (nSPS) is 15.6. The third-order valence-electron chi connectivity index (χ3n) is 3.40. The largest absolute Gasteiger partial charge is 0.330 e. The Bertz CT molecular complexity index is 434. The summed E-state index contributed by atoms with van der Waals surface area (Å²) in [5, 5.41) is 0. The first-order valence-electron chi connectivity index (χ1n) is 6.24. The summed E-state index contributed by atoms with van der Waals surface area (Å²) in [4.78, 5) is 14.2. The number of nitrogens with two attached hydrogens (primary N) is 1. The number of fused-ring (bicyclic) bond motifs is 1. The van der Waals surface area contributed by atoms with Gasteiger partial charge in [0.1, 0.15) is 0 Å². The van der Waals surface area contributed by atoms with E-state index in [4.69, 9.17) is 5.73 Å². The number of rotatable bonds is 2. The summed E-state index contributed by atoms with van der Waals surface area (Å²) in [6.45, 7) is 5.19. The van der Waals surface area contributed by atoms with Gasteiger partial charge < -0.3 is 10.6 Å². The first-order valence-corrected chi connectivity index (χ1v) is 6.24. The Labute approximate surface area is 115 Å². The van der Waals surface area contributed by atoms with Crippen molar-refractivity contribution in [2.75, 3.05) is 18.0 Å². The third-order valence-corrected chi connectivity index (χ3v) is 3.40. The summed E-state index contributed by atoms with van der Waals surface area (Å²) in [5.74, 6) is 0.0560. The van der Waals surface area contributed by atoms with Gasteiger partial charge in [-0.15, -0.1) is 12.4 Å². The molecule has 1 aromatic rings. The van der Waals surface area contributed by atoms with E-state index in [2.05, 4.69) is 25.1 Å². The molecule has 0 radical (unpaired) electrons. The molecule has 100 valence electrons. The molecule has 0 fully saturated rings. The Morgan fingerprint density at radius 1 is 1.50 bits per heavy atom. The number of hydrogen-bond acceptors (Lipinski definition) is 2. The predicted octanol–water partition coefficient (Wildman–Crippen LogP) is 2.29. The second-order valence-electron chi connectivity index (χ2n) is 4.86. The molecule has 1 atom stereocenters. The Kier molecular flexibility index (Phi) is 5.17. The van der Waals surface area contributed by atoms with Crippen LogP contribution in [0.4, 0.5) is 5.69 Å². The second-order valence-corrected chi connectivity index (χ2v) is 4.86. The molecule has 1 amide bonds. The molecule has 0 saturated heterocycles. The minimum atomic E-state index is -0.0959. The van der Waals surface area contributed by atoms with Gasteiger partial charge in [-0.2, -0.15) is 0 Å². The van der Waals surface area contributed by atoms with Gasteiger partial charge in [-0.3, -0.25) is 4.79 Å². The van der Waals surface area contributed by atoms with Gasteiger partial charge in [0.2, 0.25) is 5.91 Å². The van der Waals surface area contributed by atoms with E-state index in [-0.39, 0.29) is 24.2 Å². The predicted molar refractivity (Wildman–Crippen MR) is 77.3 cm³/mol. The highest BCUT2D eigenvalue weighted by molar-refractivity contribution is 5.96. The molecule has 0 bridgehead atoms. The summed E-state index contributed by atoms with van der Waals surface area (Å²) < 4.78 is 0. The van der Waals surface area contributed by atoms with Crippen LogP contribution in [0.3, 0.4) is 0 Å². The number of amides is 1. The second kappa shape index (κ2) is 6.21. The highest BCUT2D eigenvalue weighted by Gasteiger charge is 2.25. The van der Waals surface area contributed by atoms with E-state index in [1.165, 1.54) is 11.1 Å². The lowest BCUT2D eigenvalue weighted by Gasteiger charge is -2.31. The van der Waals surface area contributed by atoms with Crippen molar-refractivity contribution in [2.45, 2.75) is 26.7 Å². The number of anilines is 1. The molecule has 18 heavy (non-hydrogen) atoms. The summed E-state index contributed by atoms with van der Waals surface area (Å²) >= 11 is 0. The van der Waals surface area contributed by atoms with E-state index in [0.717, 1.165) is 25.1 Å². The highest BCUT2D eigenvalue weighted by Crippen LogP contribution is 2.29. The monoisotopic (exact) mass is 268 g/mol. The van der Waals surface area contributed by atoms with Crippen molar-refractivity contribution >= 4 is 24.0 Å². The van der Waals surface area contributed by atoms with Gasteiger partial charge in [-0.05, 0) is 37.0 Å². The number of aryl methyl sites for hydroxylation is 2. The zero-order chi connectivity index (χ0) is 12.4. The maximum atomic E-state index is 12.2. The molecule has 0 saturated carbocycles. The van der Waals surface area contributed by atoms with E-state index >= 15 is 0 Å². The summed E-state index contributed by atoms with van der Waals surface area (Å²) in [7, 11) is 0. The van der Waals surface area contributed by atoms with Crippen LogP contribution in [0.2, 0.25) is 0 Å². The number of carbonyl (C=O) groups excluding carboxylic acids is 1. The van der Waals surface area contributed by atoms with Gasteiger partial charge in [-0.25, -0.2) is 0 Å². The summed E-state index contributed by atoms with van der Waals surface area (Å²) in [5.41, 5.74) is 9.14. The lowest BCUT2D eigenvalue weighted by atomic mass is 9.98. The van der Waals surface area contributed by atoms with E-state index in [9.17, 15) is 4.79 Å². The van der Waals surface area contributed by atoms with Crippen LogP contribution in [-0.4, -0.2) is 19.0 Å². The minimum Gasteiger partial charge on any atom is -0.330 e. The SMILES string of the molecule is Cc1ccc2c(c1)N(C(=O)C(C)CN)CCC2.Cl. The first kappa shape index (κ1) is 15.0. The molecule has 3 nitrogen and oxygen atoms in total. The molecular formula is C14H21ClN2O. The van der Waals surface area contributed by atoms with Gasteiger partial charge >= 0.3 is 0 Å². The molecule has 1 aromatic carbocycles. The minimum absolute atomic E-state index is 0. The third kappa shape index (κ3) is 2.85. The Balaban J connectivity index is 0.00000162. The molecule has 1 aliphatic heterocycles. The Morgan fingerprint density at radius 2 is 2.22 bits per heavy atom. The number of carbonyl (C=O) groups is 1. The van der Waals surface area contributed by atoms with Crippen molar-refractivity contribution in [3.8, 4) is 0 Å². The van der Waals surface area contributed by atoms with Crippen molar-refractivity contribution < 1.29 is 4.79 Å². The summed E-state index contributed by atoms with van der Waals surface area (Å²) in [6, 6.07) is 6.35. The molecule has 2 N–H and O–H groups in total. The lowest BCUT2D eigenvalue weighted by molar-refractivity contribution is -0.121. The van der Waals surface area contributed by atoms with E-state index in [1.54, 1.807) is 0 Å². The smallest absolute Gasteiger partial charge is 0.231 e. The number of hydrogen-bond donors (Lipinski definition) is 1. The van der Waals surface area contributed by atoms with Gasteiger partial charge in [0, 0.05) is 24.7 Å². The van der Waals surface area contributed by atoms with Gasteiger partial charge in [0.15, 0.2) is 0 Å². The molecule has 4 heteroatoms. The fraction of sp³-hybridized carbons (Fsp3) is 0.500. The molecule has 0 spiro atoms. The van der Waals surface area contributed by atoms with Crippen LogP contribution in [0, 0.1) is 12.8 Å². The fourth-order valence-electron chi connectivity index (χ4n) is 2.28. The first-order chi connectivity index (χ1) is 8.13. The van der Waals surface area contributed by atoms with Gasteiger partial charge in [0.25, 0.3) is 0 Å². The zero-order valence-electron chi connectivity index (χ0n) is 11.0. The lowest BCUT2D eigenvalue weighted by Crippen LogP contribution is -2.41. The van der Waals surface area contributed by atoms with E-state index in [1.807, 2.05) is 11.8 Å². The van der Waals surface area contributed by atoms with Gasteiger partial charge in [-0.1, -0.05) is 19.1 Å².